The van der Waals surface area contributed by atoms with Gasteiger partial charge < -0.3 is 0 Å². The predicted octanol–water partition coefficient (Wildman–Crippen LogP) is 3.88. The van der Waals surface area contributed by atoms with Gasteiger partial charge in [-0.15, -0.1) is 0 Å². The van der Waals surface area contributed by atoms with E-state index in [2.05, 4.69) is 0 Å². The van der Waals surface area contributed by atoms with E-state index in [0.717, 1.165) is 18.8 Å². The van der Waals surface area contributed by atoms with Gasteiger partial charge >= 0.3 is 0 Å². The molecule has 0 N–H and O–H groups in total. The molecule has 0 aromatic carbocycles. The Hall–Kier alpha value is -0.590. The molecule has 0 bridgehead atoms. The van der Waals surface area contributed by atoms with E-state index in [0.29, 0.717) is 12.2 Å². The number of hydrogen-bond acceptors (Lipinski definition) is 1. The molecule has 0 amide bonds. The maximum absolute atomic E-state index is 11.4. The fourth-order valence-electron chi connectivity index (χ4n) is 2.19. The molecule has 1 nitrogen and oxygen atoms in total. The first kappa shape index (κ1) is 11.5. The Kier molecular flexibility index (Phi) is 5.58. The molecule has 1 heteroatoms. The lowest BCUT2D eigenvalue weighted by Crippen LogP contribution is -2.08. The molecule has 0 aromatic heterocycles. The third-order valence-corrected chi connectivity index (χ3v) is 3.14. The van der Waals surface area contributed by atoms with E-state index in [9.17, 15) is 4.79 Å². The second-order valence-corrected chi connectivity index (χ2v) is 4.35. The fraction of sp³-hybridized carbons (Fsp3) is 0.769. The van der Waals surface area contributed by atoms with Crippen molar-refractivity contribution in [3.8, 4) is 0 Å². The second-order valence-electron chi connectivity index (χ2n) is 4.35. The molecule has 0 atom stereocenters. The maximum atomic E-state index is 11.4. The first-order valence-electron chi connectivity index (χ1n) is 5.95. The van der Waals surface area contributed by atoms with Gasteiger partial charge in [0.15, 0.2) is 0 Å². The van der Waals surface area contributed by atoms with E-state index in [1.54, 1.807) is 0 Å². The Balaban J connectivity index is 2.09. The SMILES string of the molecule is C/C=C/CC(=O)CCC1CCCCC1. The highest BCUT2D eigenvalue weighted by Crippen LogP contribution is 2.27. The Morgan fingerprint density at radius 1 is 1.29 bits per heavy atom. The molecule has 1 fully saturated rings. The highest BCUT2D eigenvalue weighted by molar-refractivity contribution is 5.79. The maximum Gasteiger partial charge on any atom is 0.136 e. The van der Waals surface area contributed by atoms with Crippen molar-refractivity contribution in [3.63, 3.8) is 0 Å². The molecule has 0 unspecified atom stereocenters. The van der Waals surface area contributed by atoms with Crippen LogP contribution in [0.3, 0.4) is 0 Å². The molecule has 0 heterocycles. The average molecular weight is 194 g/mol. The third-order valence-electron chi connectivity index (χ3n) is 3.14. The van der Waals surface area contributed by atoms with Crippen LogP contribution in [0.25, 0.3) is 0 Å². The highest BCUT2D eigenvalue weighted by Gasteiger charge is 2.14. The summed E-state index contributed by atoms with van der Waals surface area (Å²) < 4.78 is 0. The molecule has 14 heavy (non-hydrogen) atoms. The lowest BCUT2D eigenvalue weighted by Gasteiger charge is -2.20. The largest absolute Gasteiger partial charge is 0.299 e. The van der Waals surface area contributed by atoms with Crippen molar-refractivity contribution in [2.75, 3.05) is 0 Å². The van der Waals surface area contributed by atoms with Gasteiger partial charge in [-0.3, -0.25) is 4.79 Å². The van der Waals surface area contributed by atoms with E-state index in [1.807, 2.05) is 19.1 Å². The van der Waals surface area contributed by atoms with Gasteiger partial charge in [0, 0.05) is 12.8 Å². The molecule has 0 radical (unpaired) electrons. The summed E-state index contributed by atoms with van der Waals surface area (Å²) in [6.45, 7) is 1.97. The summed E-state index contributed by atoms with van der Waals surface area (Å²) in [5.74, 6) is 1.26. The van der Waals surface area contributed by atoms with Crippen LogP contribution in [0.2, 0.25) is 0 Å². The minimum absolute atomic E-state index is 0.411. The number of allylic oxidation sites excluding steroid dienone is 2. The van der Waals surface area contributed by atoms with Crippen molar-refractivity contribution in [1.82, 2.24) is 0 Å². The number of carbonyl (C=O) groups is 1. The first-order chi connectivity index (χ1) is 6.83. The first-order valence-corrected chi connectivity index (χ1v) is 5.95. The lowest BCUT2D eigenvalue weighted by molar-refractivity contribution is -0.118. The van der Waals surface area contributed by atoms with Crippen LogP contribution < -0.4 is 0 Å². The summed E-state index contributed by atoms with van der Waals surface area (Å²) in [4.78, 5) is 11.4. The predicted molar refractivity (Wildman–Crippen MR) is 60.2 cm³/mol. The zero-order valence-corrected chi connectivity index (χ0v) is 9.30. The smallest absolute Gasteiger partial charge is 0.136 e. The number of hydrogen-bond donors (Lipinski definition) is 0. The minimum atomic E-state index is 0.411. The van der Waals surface area contributed by atoms with Crippen molar-refractivity contribution in [3.05, 3.63) is 12.2 Å². The third kappa shape index (κ3) is 4.59. The summed E-state index contributed by atoms with van der Waals surface area (Å²) >= 11 is 0. The van der Waals surface area contributed by atoms with Crippen LogP contribution >= 0.6 is 0 Å². The topological polar surface area (TPSA) is 17.1 Å². The van der Waals surface area contributed by atoms with E-state index in [-0.39, 0.29) is 0 Å². The molecule has 0 aliphatic heterocycles. The molecular weight excluding hydrogens is 172 g/mol. The molecule has 1 aliphatic carbocycles. The number of ketones is 1. The molecule has 1 rings (SSSR count). The Bertz CT molecular complexity index is 187. The standard InChI is InChI=1S/C13H22O/c1-2-3-9-13(14)11-10-12-7-5-4-6-8-12/h2-3,12H,4-11H2,1H3/b3-2+. The van der Waals surface area contributed by atoms with Crippen LogP contribution in [-0.2, 0) is 4.79 Å². The lowest BCUT2D eigenvalue weighted by atomic mass is 9.85. The van der Waals surface area contributed by atoms with Crippen LogP contribution in [0.4, 0.5) is 0 Å². The van der Waals surface area contributed by atoms with Crippen molar-refractivity contribution in [1.29, 1.82) is 0 Å². The number of Topliss-reactive ketones (excluding diaryl/α,β-unsaturated/α-hetero) is 1. The van der Waals surface area contributed by atoms with Crippen LogP contribution in [0.1, 0.15) is 58.3 Å². The van der Waals surface area contributed by atoms with Crippen LogP contribution in [0, 0.1) is 5.92 Å². The molecule has 80 valence electrons. The summed E-state index contributed by atoms with van der Waals surface area (Å²) in [6, 6.07) is 0. The van der Waals surface area contributed by atoms with Crippen LogP contribution in [0.15, 0.2) is 12.2 Å². The monoisotopic (exact) mass is 194 g/mol. The molecule has 1 saturated carbocycles. The van der Waals surface area contributed by atoms with Crippen molar-refractivity contribution < 1.29 is 4.79 Å². The van der Waals surface area contributed by atoms with Gasteiger partial charge in [0.25, 0.3) is 0 Å². The van der Waals surface area contributed by atoms with Gasteiger partial charge in [-0.25, -0.2) is 0 Å². The van der Waals surface area contributed by atoms with Gasteiger partial charge in [0.1, 0.15) is 5.78 Å². The van der Waals surface area contributed by atoms with Gasteiger partial charge in [0.2, 0.25) is 0 Å². The zero-order chi connectivity index (χ0) is 10.2. The molecule has 0 spiro atoms. The van der Waals surface area contributed by atoms with Crippen molar-refractivity contribution >= 4 is 5.78 Å². The van der Waals surface area contributed by atoms with Crippen molar-refractivity contribution in [2.24, 2.45) is 5.92 Å². The number of carbonyl (C=O) groups excluding carboxylic acids is 1. The van der Waals surface area contributed by atoms with Crippen LogP contribution in [-0.4, -0.2) is 5.78 Å². The van der Waals surface area contributed by atoms with Crippen molar-refractivity contribution in [2.45, 2.75) is 58.3 Å². The van der Waals surface area contributed by atoms with E-state index in [1.165, 1.54) is 32.1 Å². The Morgan fingerprint density at radius 2 is 2.00 bits per heavy atom. The molecular formula is C13H22O. The summed E-state index contributed by atoms with van der Waals surface area (Å²) in [7, 11) is 0. The summed E-state index contributed by atoms with van der Waals surface area (Å²) in [6.07, 6.45) is 13.4. The average Bonchev–Trinajstić information content (AvgIpc) is 2.25. The second kappa shape index (κ2) is 6.80. The highest BCUT2D eigenvalue weighted by atomic mass is 16.1. The minimum Gasteiger partial charge on any atom is -0.299 e. The Morgan fingerprint density at radius 3 is 2.64 bits per heavy atom. The van der Waals surface area contributed by atoms with E-state index in [4.69, 9.17) is 0 Å². The quantitative estimate of drug-likeness (QED) is 0.607. The summed E-state index contributed by atoms with van der Waals surface area (Å²) in [5.41, 5.74) is 0. The van der Waals surface area contributed by atoms with Gasteiger partial charge in [-0.1, -0.05) is 44.3 Å². The van der Waals surface area contributed by atoms with E-state index < -0.39 is 0 Å². The normalized spacial score (nSPS) is 18.9. The fourth-order valence-corrected chi connectivity index (χ4v) is 2.19. The molecule has 1 aliphatic rings. The summed E-state index contributed by atoms with van der Waals surface area (Å²) in [5, 5.41) is 0. The van der Waals surface area contributed by atoms with Gasteiger partial charge in [-0.2, -0.15) is 0 Å². The van der Waals surface area contributed by atoms with Gasteiger partial charge in [0.05, 0.1) is 0 Å². The molecule has 0 aromatic rings. The number of rotatable bonds is 5. The van der Waals surface area contributed by atoms with E-state index >= 15 is 0 Å². The Labute approximate surface area is 87.6 Å². The zero-order valence-electron chi connectivity index (χ0n) is 9.30. The van der Waals surface area contributed by atoms with Crippen LogP contribution in [0.5, 0.6) is 0 Å². The molecule has 0 saturated heterocycles. The van der Waals surface area contributed by atoms with Gasteiger partial charge in [-0.05, 0) is 19.3 Å².